The van der Waals surface area contributed by atoms with Gasteiger partial charge in [0.2, 0.25) is 0 Å². The largest absolute Gasteiger partial charge is 0.347 e. The van der Waals surface area contributed by atoms with Crippen molar-refractivity contribution >= 4 is 0 Å². The first-order chi connectivity index (χ1) is 8.66. The molecule has 1 aliphatic rings. The zero-order chi connectivity index (χ0) is 12.7. The van der Waals surface area contributed by atoms with Crippen LogP contribution in [-0.4, -0.2) is 24.7 Å². The Labute approximate surface area is 106 Å². The average Bonchev–Trinajstić information content (AvgIpc) is 2.93. The number of hydrogen-bond donors (Lipinski definition) is 2. The lowest BCUT2D eigenvalue weighted by atomic mass is 10.0. The smallest absolute Gasteiger partial charge is 0.150 e. The molecule has 0 aliphatic carbocycles. The molecule has 2 N–H and O–H groups in total. The first kappa shape index (κ1) is 11.4. The van der Waals surface area contributed by atoms with Crippen molar-refractivity contribution in [2.45, 2.75) is 45.8 Å². The van der Waals surface area contributed by atoms with Crippen LogP contribution in [0.2, 0.25) is 0 Å². The van der Waals surface area contributed by atoms with Gasteiger partial charge in [0.25, 0.3) is 0 Å². The predicted octanol–water partition coefficient (Wildman–Crippen LogP) is 1.28. The van der Waals surface area contributed by atoms with Gasteiger partial charge in [-0.15, -0.1) is 10.2 Å². The number of aryl methyl sites for hydroxylation is 1. The summed E-state index contributed by atoms with van der Waals surface area (Å²) in [7, 11) is 0. The highest BCUT2D eigenvalue weighted by atomic mass is 15.3. The summed E-state index contributed by atoms with van der Waals surface area (Å²) in [6.07, 6.45) is 2.62. The van der Waals surface area contributed by atoms with Crippen LogP contribution in [-0.2, 0) is 13.0 Å². The Morgan fingerprint density at radius 1 is 1.39 bits per heavy atom. The lowest BCUT2D eigenvalue weighted by Gasteiger charge is -2.24. The van der Waals surface area contributed by atoms with E-state index in [2.05, 4.69) is 43.9 Å². The quantitative estimate of drug-likeness (QED) is 0.837. The minimum atomic E-state index is 0.199. The molecule has 0 saturated heterocycles. The summed E-state index contributed by atoms with van der Waals surface area (Å²) in [4.78, 5) is 7.52. The molecule has 6 heteroatoms. The molecule has 6 nitrogen and oxygen atoms in total. The minimum Gasteiger partial charge on any atom is -0.347 e. The monoisotopic (exact) mass is 246 g/mol. The van der Waals surface area contributed by atoms with Crippen molar-refractivity contribution in [3.8, 4) is 0 Å². The van der Waals surface area contributed by atoms with Gasteiger partial charge in [0.1, 0.15) is 5.82 Å². The van der Waals surface area contributed by atoms with Crippen molar-refractivity contribution in [1.29, 1.82) is 0 Å². The van der Waals surface area contributed by atoms with Gasteiger partial charge in [-0.05, 0) is 20.8 Å². The summed E-state index contributed by atoms with van der Waals surface area (Å²) in [5.74, 6) is 1.98. The van der Waals surface area contributed by atoms with E-state index in [1.54, 1.807) is 6.33 Å². The zero-order valence-electron chi connectivity index (χ0n) is 10.9. The van der Waals surface area contributed by atoms with Gasteiger partial charge in [0, 0.05) is 19.0 Å². The number of H-pyrrole nitrogens is 1. The molecule has 0 spiro atoms. The van der Waals surface area contributed by atoms with Gasteiger partial charge in [-0.25, -0.2) is 4.98 Å². The molecular weight excluding hydrogens is 228 g/mol. The van der Waals surface area contributed by atoms with Gasteiger partial charge in [-0.1, -0.05) is 0 Å². The van der Waals surface area contributed by atoms with E-state index >= 15 is 0 Å². The fourth-order valence-corrected chi connectivity index (χ4v) is 2.61. The van der Waals surface area contributed by atoms with E-state index in [0.717, 1.165) is 30.3 Å². The maximum atomic E-state index is 4.36. The highest BCUT2D eigenvalue weighted by molar-refractivity contribution is 5.19. The number of aromatic nitrogens is 5. The second-order valence-electron chi connectivity index (χ2n) is 5.03. The molecule has 0 amide bonds. The molecule has 0 bridgehead atoms. The maximum absolute atomic E-state index is 4.36. The normalized spacial score (nSPS) is 19.2. The minimum absolute atomic E-state index is 0.199. The summed E-state index contributed by atoms with van der Waals surface area (Å²) in [5.41, 5.74) is 2.31. The molecule has 3 heterocycles. The van der Waals surface area contributed by atoms with E-state index in [0.29, 0.717) is 6.04 Å². The average molecular weight is 246 g/mol. The van der Waals surface area contributed by atoms with Crippen LogP contribution in [0.25, 0.3) is 0 Å². The van der Waals surface area contributed by atoms with Crippen molar-refractivity contribution in [2.24, 2.45) is 0 Å². The fraction of sp³-hybridized carbons (Fsp3) is 0.583. The fourth-order valence-electron chi connectivity index (χ4n) is 2.61. The van der Waals surface area contributed by atoms with Crippen LogP contribution in [0, 0.1) is 6.92 Å². The summed E-state index contributed by atoms with van der Waals surface area (Å²) in [5, 5.41) is 12.0. The van der Waals surface area contributed by atoms with Crippen LogP contribution in [0.1, 0.15) is 49.0 Å². The van der Waals surface area contributed by atoms with Crippen LogP contribution >= 0.6 is 0 Å². The molecule has 1 atom stereocenters. The topological polar surface area (TPSA) is 71.4 Å². The molecule has 3 rings (SSSR count). The molecule has 0 radical (unpaired) electrons. The Hall–Kier alpha value is -1.69. The van der Waals surface area contributed by atoms with Crippen LogP contribution in [0.4, 0.5) is 0 Å². The first-order valence-corrected chi connectivity index (χ1v) is 6.32. The third kappa shape index (κ3) is 1.73. The number of imidazole rings is 1. The highest BCUT2D eigenvalue weighted by Crippen LogP contribution is 2.25. The van der Waals surface area contributed by atoms with E-state index in [1.165, 1.54) is 5.69 Å². The van der Waals surface area contributed by atoms with Gasteiger partial charge >= 0.3 is 0 Å². The molecule has 96 valence electrons. The molecule has 2 aromatic rings. The van der Waals surface area contributed by atoms with E-state index < -0.39 is 0 Å². The van der Waals surface area contributed by atoms with Crippen molar-refractivity contribution < 1.29 is 0 Å². The Morgan fingerprint density at radius 2 is 2.22 bits per heavy atom. The predicted molar refractivity (Wildman–Crippen MR) is 67.0 cm³/mol. The lowest BCUT2D eigenvalue weighted by molar-refractivity contribution is 0.430. The Kier molecular flexibility index (Phi) is 2.66. The molecule has 1 aliphatic heterocycles. The van der Waals surface area contributed by atoms with E-state index in [-0.39, 0.29) is 6.04 Å². The standard InChI is InChI=1S/C12H18N6/c1-7(2)18-8(3)16-17-12(18)10-4-9-11(5-13-10)15-6-14-9/h6-7,10,13H,4-5H2,1-3H3,(H,14,15). The SMILES string of the molecule is Cc1nnc(C2Cc3nc[nH]c3CN2)n1C(C)C. The molecule has 18 heavy (non-hydrogen) atoms. The summed E-state index contributed by atoms with van der Waals surface area (Å²) in [6.45, 7) is 7.12. The second-order valence-corrected chi connectivity index (χ2v) is 5.03. The molecule has 0 aromatic carbocycles. The Balaban J connectivity index is 1.93. The van der Waals surface area contributed by atoms with Gasteiger partial charge in [-0.2, -0.15) is 0 Å². The summed E-state index contributed by atoms with van der Waals surface area (Å²) < 4.78 is 2.19. The maximum Gasteiger partial charge on any atom is 0.150 e. The molecule has 1 unspecified atom stereocenters. The van der Waals surface area contributed by atoms with Crippen LogP contribution in [0.5, 0.6) is 0 Å². The van der Waals surface area contributed by atoms with Crippen molar-refractivity contribution in [3.63, 3.8) is 0 Å². The highest BCUT2D eigenvalue weighted by Gasteiger charge is 2.26. The molecular formula is C12H18N6. The zero-order valence-corrected chi connectivity index (χ0v) is 10.9. The third-order valence-electron chi connectivity index (χ3n) is 3.45. The Morgan fingerprint density at radius 3 is 3.00 bits per heavy atom. The first-order valence-electron chi connectivity index (χ1n) is 6.32. The van der Waals surface area contributed by atoms with Gasteiger partial charge < -0.3 is 14.9 Å². The number of fused-ring (bicyclic) bond motifs is 1. The van der Waals surface area contributed by atoms with Crippen LogP contribution in [0.3, 0.4) is 0 Å². The summed E-state index contributed by atoms with van der Waals surface area (Å²) in [6, 6.07) is 0.571. The van der Waals surface area contributed by atoms with Crippen molar-refractivity contribution in [2.75, 3.05) is 0 Å². The third-order valence-corrected chi connectivity index (χ3v) is 3.45. The number of aromatic amines is 1. The molecule has 0 fully saturated rings. The van der Waals surface area contributed by atoms with Crippen molar-refractivity contribution in [1.82, 2.24) is 30.0 Å². The number of hydrogen-bond acceptors (Lipinski definition) is 4. The summed E-state index contributed by atoms with van der Waals surface area (Å²) >= 11 is 0. The number of nitrogens with zero attached hydrogens (tertiary/aromatic N) is 4. The molecule has 0 saturated carbocycles. The molecule has 2 aromatic heterocycles. The van der Waals surface area contributed by atoms with Crippen LogP contribution < -0.4 is 5.32 Å². The van der Waals surface area contributed by atoms with Gasteiger partial charge in [-0.3, -0.25) is 0 Å². The Bertz CT molecular complexity index is 553. The van der Waals surface area contributed by atoms with Crippen molar-refractivity contribution in [3.05, 3.63) is 29.4 Å². The second kappa shape index (κ2) is 4.20. The van der Waals surface area contributed by atoms with E-state index in [9.17, 15) is 0 Å². The van der Waals surface area contributed by atoms with E-state index in [1.807, 2.05) is 6.92 Å². The van der Waals surface area contributed by atoms with Crippen LogP contribution in [0.15, 0.2) is 6.33 Å². The van der Waals surface area contributed by atoms with E-state index in [4.69, 9.17) is 0 Å². The van der Waals surface area contributed by atoms with Gasteiger partial charge in [0.15, 0.2) is 5.82 Å². The number of nitrogens with one attached hydrogen (secondary N) is 2. The number of rotatable bonds is 2. The lowest BCUT2D eigenvalue weighted by Crippen LogP contribution is -2.31. The van der Waals surface area contributed by atoms with Gasteiger partial charge in [0.05, 0.1) is 23.8 Å².